The number of hydrogen-bond donors (Lipinski definition) is 0. The minimum atomic E-state index is -3.60. The SMILES string of the molecule is O=C1C=CC=CC1S(=O)(=O)c1ccccc1. The Hall–Kier alpha value is -1.68. The molecule has 0 heterocycles. The van der Waals surface area contributed by atoms with Crippen molar-refractivity contribution in [3.05, 3.63) is 54.6 Å². The highest BCUT2D eigenvalue weighted by atomic mass is 32.2. The van der Waals surface area contributed by atoms with E-state index in [1.165, 1.54) is 24.3 Å². The lowest BCUT2D eigenvalue weighted by Crippen LogP contribution is -2.28. The molecule has 2 rings (SSSR count). The van der Waals surface area contributed by atoms with E-state index < -0.39 is 20.9 Å². The molecule has 1 aliphatic carbocycles. The van der Waals surface area contributed by atoms with Crippen molar-refractivity contribution in [2.45, 2.75) is 10.1 Å². The first-order chi connectivity index (χ1) is 7.62. The predicted octanol–water partition coefficient (Wildman–Crippen LogP) is 1.52. The zero-order valence-electron chi connectivity index (χ0n) is 8.41. The van der Waals surface area contributed by atoms with Gasteiger partial charge in [-0.15, -0.1) is 0 Å². The Kier molecular flexibility index (Phi) is 2.75. The number of benzene rings is 1. The molecular weight excluding hydrogens is 224 g/mol. The molecule has 1 aliphatic rings. The molecule has 0 aliphatic heterocycles. The van der Waals surface area contributed by atoms with E-state index in [9.17, 15) is 13.2 Å². The van der Waals surface area contributed by atoms with Crippen molar-refractivity contribution in [2.24, 2.45) is 0 Å². The average Bonchev–Trinajstić information content (AvgIpc) is 2.30. The third-order valence-electron chi connectivity index (χ3n) is 2.34. The second-order valence-corrected chi connectivity index (χ2v) is 5.49. The molecule has 0 saturated heterocycles. The van der Waals surface area contributed by atoms with Crippen molar-refractivity contribution in [1.29, 1.82) is 0 Å². The lowest BCUT2D eigenvalue weighted by Gasteiger charge is -2.12. The molecule has 0 fully saturated rings. The van der Waals surface area contributed by atoms with Crippen LogP contribution >= 0.6 is 0 Å². The largest absolute Gasteiger partial charge is 0.293 e. The molecular formula is C12H10O3S. The zero-order valence-corrected chi connectivity index (χ0v) is 9.22. The van der Waals surface area contributed by atoms with Gasteiger partial charge in [-0.3, -0.25) is 4.79 Å². The number of carbonyl (C=O) groups excluding carboxylic acids is 1. The van der Waals surface area contributed by atoms with Crippen LogP contribution in [-0.4, -0.2) is 19.5 Å². The molecule has 0 amide bonds. The molecule has 0 N–H and O–H groups in total. The van der Waals surface area contributed by atoms with Gasteiger partial charge in [-0.05, 0) is 18.2 Å². The summed E-state index contributed by atoms with van der Waals surface area (Å²) in [6.45, 7) is 0. The summed E-state index contributed by atoms with van der Waals surface area (Å²) >= 11 is 0. The average molecular weight is 234 g/mol. The quantitative estimate of drug-likeness (QED) is 0.779. The summed E-state index contributed by atoms with van der Waals surface area (Å²) in [4.78, 5) is 11.7. The highest BCUT2D eigenvalue weighted by Gasteiger charge is 2.30. The van der Waals surface area contributed by atoms with Gasteiger partial charge in [-0.25, -0.2) is 8.42 Å². The van der Waals surface area contributed by atoms with Crippen LogP contribution in [0, 0.1) is 0 Å². The van der Waals surface area contributed by atoms with Gasteiger partial charge in [0.15, 0.2) is 15.6 Å². The molecule has 1 unspecified atom stereocenters. The number of carbonyl (C=O) groups is 1. The van der Waals surface area contributed by atoms with E-state index >= 15 is 0 Å². The fourth-order valence-corrected chi connectivity index (χ4v) is 3.03. The van der Waals surface area contributed by atoms with Crippen LogP contribution in [0.1, 0.15) is 0 Å². The summed E-state index contributed by atoms with van der Waals surface area (Å²) < 4.78 is 24.2. The van der Waals surface area contributed by atoms with Gasteiger partial charge in [0, 0.05) is 0 Å². The van der Waals surface area contributed by atoms with Gasteiger partial charge < -0.3 is 0 Å². The Morgan fingerprint density at radius 3 is 2.31 bits per heavy atom. The predicted molar refractivity (Wildman–Crippen MR) is 60.7 cm³/mol. The molecule has 0 bridgehead atoms. The van der Waals surface area contributed by atoms with E-state index in [1.54, 1.807) is 30.4 Å². The van der Waals surface area contributed by atoms with Gasteiger partial charge in [0.2, 0.25) is 0 Å². The second-order valence-electron chi connectivity index (χ2n) is 3.43. The van der Waals surface area contributed by atoms with Gasteiger partial charge >= 0.3 is 0 Å². The third-order valence-corrected chi connectivity index (χ3v) is 4.33. The fourth-order valence-electron chi connectivity index (χ4n) is 1.52. The highest BCUT2D eigenvalue weighted by Crippen LogP contribution is 2.19. The van der Waals surface area contributed by atoms with Crippen molar-refractivity contribution in [2.75, 3.05) is 0 Å². The molecule has 16 heavy (non-hydrogen) atoms. The van der Waals surface area contributed by atoms with Crippen molar-refractivity contribution in [3.8, 4) is 0 Å². The molecule has 0 saturated carbocycles. The smallest absolute Gasteiger partial charge is 0.192 e. The second kappa shape index (κ2) is 4.06. The Labute approximate surface area is 94.0 Å². The normalized spacial score (nSPS) is 20.0. The summed E-state index contributed by atoms with van der Waals surface area (Å²) in [5.41, 5.74) is 0. The first kappa shape index (κ1) is 10.8. The first-order valence-corrected chi connectivity index (χ1v) is 6.34. The lowest BCUT2D eigenvalue weighted by molar-refractivity contribution is -0.113. The molecule has 1 aromatic rings. The summed E-state index contributed by atoms with van der Waals surface area (Å²) in [5, 5.41) is -1.08. The van der Waals surface area contributed by atoms with Crippen LogP contribution < -0.4 is 0 Å². The van der Waals surface area contributed by atoms with Crippen molar-refractivity contribution >= 4 is 15.6 Å². The molecule has 1 atom stereocenters. The molecule has 0 aromatic heterocycles. The van der Waals surface area contributed by atoms with Gasteiger partial charge in [0.25, 0.3) is 0 Å². The molecule has 0 radical (unpaired) electrons. The van der Waals surface area contributed by atoms with Crippen LogP contribution in [-0.2, 0) is 14.6 Å². The minimum absolute atomic E-state index is 0.174. The standard InChI is InChI=1S/C12H10O3S/c13-11-8-4-5-9-12(11)16(14,15)10-6-2-1-3-7-10/h1-9,12H. The first-order valence-electron chi connectivity index (χ1n) is 4.80. The van der Waals surface area contributed by atoms with Gasteiger partial charge in [-0.2, -0.15) is 0 Å². The number of ketones is 1. The van der Waals surface area contributed by atoms with E-state index in [0.717, 1.165) is 0 Å². The maximum atomic E-state index is 12.1. The van der Waals surface area contributed by atoms with E-state index in [0.29, 0.717) is 0 Å². The van der Waals surface area contributed by atoms with Crippen LogP contribution in [0.3, 0.4) is 0 Å². The summed E-state index contributed by atoms with van der Waals surface area (Å²) in [5.74, 6) is -0.397. The number of hydrogen-bond acceptors (Lipinski definition) is 3. The molecule has 4 heteroatoms. The molecule has 0 spiro atoms. The Morgan fingerprint density at radius 2 is 1.69 bits per heavy atom. The van der Waals surface area contributed by atoms with Gasteiger partial charge in [0.05, 0.1) is 4.90 Å². The van der Waals surface area contributed by atoms with Crippen LogP contribution in [0.4, 0.5) is 0 Å². The van der Waals surface area contributed by atoms with E-state index in [-0.39, 0.29) is 4.90 Å². The minimum Gasteiger partial charge on any atom is -0.293 e. The fraction of sp³-hybridized carbons (Fsp3) is 0.0833. The van der Waals surface area contributed by atoms with E-state index in [4.69, 9.17) is 0 Å². The number of rotatable bonds is 2. The highest BCUT2D eigenvalue weighted by molar-refractivity contribution is 7.93. The maximum Gasteiger partial charge on any atom is 0.192 e. The molecule has 82 valence electrons. The van der Waals surface area contributed by atoms with Crippen LogP contribution in [0.2, 0.25) is 0 Å². The van der Waals surface area contributed by atoms with Gasteiger partial charge in [-0.1, -0.05) is 36.4 Å². The topological polar surface area (TPSA) is 51.2 Å². The van der Waals surface area contributed by atoms with Crippen molar-refractivity contribution < 1.29 is 13.2 Å². The lowest BCUT2D eigenvalue weighted by atomic mass is 10.2. The van der Waals surface area contributed by atoms with Crippen LogP contribution in [0.15, 0.2) is 59.5 Å². The monoisotopic (exact) mass is 234 g/mol. The van der Waals surface area contributed by atoms with Crippen molar-refractivity contribution in [1.82, 2.24) is 0 Å². The van der Waals surface area contributed by atoms with E-state index in [1.807, 2.05) is 0 Å². The molecule has 1 aromatic carbocycles. The summed E-state index contributed by atoms with van der Waals surface area (Å²) in [6, 6.07) is 8.00. The zero-order chi connectivity index (χ0) is 11.6. The Balaban J connectivity index is 2.45. The Bertz CT molecular complexity index is 553. The van der Waals surface area contributed by atoms with Crippen LogP contribution in [0.5, 0.6) is 0 Å². The Morgan fingerprint density at radius 1 is 1.00 bits per heavy atom. The maximum absolute atomic E-state index is 12.1. The van der Waals surface area contributed by atoms with Gasteiger partial charge in [0.1, 0.15) is 5.25 Å². The molecule has 3 nitrogen and oxygen atoms in total. The third kappa shape index (κ3) is 1.84. The number of sulfone groups is 1. The number of allylic oxidation sites excluding steroid dienone is 3. The summed E-state index contributed by atoms with van der Waals surface area (Å²) in [6.07, 6.45) is 5.81. The van der Waals surface area contributed by atoms with E-state index in [2.05, 4.69) is 0 Å². The van der Waals surface area contributed by atoms with Crippen molar-refractivity contribution in [3.63, 3.8) is 0 Å². The van der Waals surface area contributed by atoms with Crippen LogP contribution in [0.25, 0.3) is 0 Å². The summed E-state index contributed by atoms with van der Waals surface area (Å²) in [7, 11) is -3.60.